The van der Waals surface area contributed by atoms with Crippen LogP contribution < -0.4 is 10.0 Å². The zero-order valence-corrected chi connectivity index (χ0v) is 14.5. The number of anilines is 1. The van der Waals surface area contributed by atoms with E-state index in [1.807, 2.05) is 6.92 Å². The molecule has 0 unspecified atom stereocenters. The van der Waals surface area contributed by atoms with Crippen molar-refractivity contribution >= 4 is 21.6 Å². The number of aryl methyl sites for hydroxylation is 3. The highest BCUT2D eigenvalue weighted by Crippen LogP contribution is 2.21. The van der Waals surface area contributed by atoms with Crippen LogP contribution in [0.1, 0.15) is 16.7 Å². The highest BCUT2D eigenvalue weighted by molar-refractivity contribution is 7.89. The van der Waals surface area contributed by atoms with Crippen molar-refractivity contribution in [2.75, 3.05) is 11.9 Å². The lowest BCUT2D eigenvalue weighted by atomic mass is 10.1. The Labute approximate surface area is 141 Å². The number of sulfonamides is 1. The Morgan fingerprint density at radius 2 is 1.58 bits per heavy atom. The van der Waals surface area contributed by atoms with Crippen molar-refractivity contribution < 1.29 is 17.6 Å². The van der Waals surface area contributed by atoms with Crippen LogP contribution in [0.5, 0.6) is 0 Å². The molecule has 0 saturated heterocycles. The summed E-state index contributed by atoms with van der Waals surface area (Å²) in [4.78, 5) is 12.1. The molecule has 1 amide bonds. The first-order chi connectivity index (χ1) is 11.2. The first kappa shape index (κ1) is 18.1. The van der Waals surface area contributed by atoms with Gasteiger partial charge in [0.2, 0.25) is 15.9 Å². The number of nitrogens with one attached hydrogen (secondary N) is 2. The molecular formula is C17H19FN2O3S. The van der Waals surface area contributed by atoms with Crippen molar-refractivity contribution in [3.8, 4) is 0 Å². The number of carbonyl (C=O) groups is 1. The van der Waals surface area contributed by atoms with Crippen LogP contribution in [0.25, 0.3) is 0 Å². The largest absolute Gasteiger partial charge is 0.325 e. The summed E-state index contributed by atoms with van der Waals surface area (Å²) in [7, 11) is -3.80. The Balaban J connectivity index is 2.07. The first-order valence-electron chi connectivity index (χ1n) is 7.32. The van der Waals surface area contributed by atoms with Crippen molar-refractivity contribution in [3.05, 3.63) is 58.9 Å². The van der Waals surface area contributed by atoms with E-state index in [1.54, 1.807) is 26.0 Å². The van der Waals surface area contributed by atoms with Gasteiger partial charge in [0, 0.05) is 5.69 Å². The zero-order chi connectivity index (χ0) is 17.9. The van der Waals surface area contributed by atoms with Crippen LogP contribution in [0.2, 0.25) is 0 Å². The van der Waals surface area contributed by atoms with Gasteiger partial charge >= 0.3 is 0 Å². The van der Waals surface area contributed by atoms with Gasteiger partial charge in [-0.25, -0.2) is 17.5 Å². The van der Waals surface area contributed by atoms with Crippen LogP contribution in [0.3, 0.4) is 0 Å². The van der Waals surface area contributed by atoms with Crippen molar-refractivity contribution in [2.45, 2.75) is 25.7 Å². The van der Waals surface area contributed by atoms with Gasteiger partial charge in [-0.15, -0.1) is 0 Å². The summed E-state index contributed by atoms with van der Waals surface area (Å²) < 4.78 is 40.0. The molecule has 0 radical (unpaired) electrons. The smallest absolute Gasteiger partial charge is 0.241 e. The minimum atomic E-state index is -3.80. The predicted molar refractivity (Wildman–Crippen MR) is 90.9 cm³/mol. The molecule has 0 spiro atoms. The SMILES string of the molecule is Cc1cc(C)c(S(=O)(=O)NCC(=O)Nc2ccc(F)cc2)c(C)c1. The predicted octanol–water partition coefficient (Wildman–Crippen LogP) is 2.67. The molecule has 5 nitrogen and oxygen atoms in total. The molecule has 24 heavy (non-hydrogen) atoms. The Morgan fingerprint density at radius 1 is 1.04 bits per heavy atom. The van der Waals surface area contributed by atoms with E-state index in [4.69, 9.17) is 0 Å². The molecule has 0 bridgehead atoms. The zero-order valence-electron chi connectivity index (χ0n) is 13.7. The Hall–Kier alpha value is -2.25. The van der Waals surface area contributed by atoms with Crippen LogP contribution in [-0.4, -0.2) is 20.9 Å². The van der Waals surface area contributed by atoms with Crippen LogP contribution in [0.15, 0.2) is 41.3 Å². The monoisotopic (exact) mass is 350 g/mol. The molecule has 2 aromatic carbocycles. The van der Waals surface area contributed by atoms with E-state index in [0.717, 1.165) is 5.56 Å². The second-order valence-electron chi connectivity index (χ2n) is 5.61. The highest BCUT2D eigenvalue weighted by Gasteiger charge is 2.20. The molecule has 0 aliphatic heterocycles. The molecule has 0 fully saturated rings. The summed E-state index contributed by atoms with van der Waals surface area (Å²) in [5.41, 5.74) is 2.61. The van der Waals surface area contributed by atoms with E-state index >= 15 is 0 Å². The number of benzene rings is 2. The lowest BCUT2D eigenvalue weighted by molar-refractivity contribution is -0.115. The summed E-state index contributed by atoms with van der Waals surface area (Å²) in [5, 5.41) is 2.50. The summed E-state index contributed by atoms with van der Waals surface area (Å²) in [6, 6.07) is 8.77. The van der Waals surface area contributed by atoms with E-state index in [1.165, 1.54) is 24.3 Å². The molecule has 7 heteroatoms. The molecule has 0 atom stereocenters. The molecular weight excluding hydrogens is 331 g/mol. The van der Waals surface area contributed by atoms with Gasteiger partial charge in [-0.3, -0.25) is 4.79 Å². The molecule has 0 aliphatic rings. The van der Waals surface area contributed by atoms with E-state index in [-0.39, 0.29) is 4.90 Å². The summed E-state index contributed by atoms with van der Waals surface area (Å²) in [6.07, 6.45) is 0. The molecule has 2 aromatic rings. The van der Waals surface area contributed by atoms with Crippen molar-refractivity contribution in [1.29, 1.82) is 0 Å². The minimum absolute atomic E-state index is 0.183. The third kappa shape index (κ3) is 4.39. The number of amides is 1. The van der Waals surface area contributed by atoms with Gasteiger partial charge in [0.25, 0.3) is 0 Å². The topological polar surface area (TPSA) is 75.3 Å². The molecule has 0 aromatic heterocycles. The van der Waals surface area contributed by atoms with Gasteiger partial charge in [0.15, 0.2) is 0 Å². The van der Waals surface area contributed by atoms with E-state index in [2.05, 4.69) is 10.0 Å². The van der Waals surface area contributed by atoms with Gasteiger partial charge in [-0.1, -0.05) is 17.7 Å². The molecule has 0 aliphatic carbocycles. The second-order valence-corrected chi connectivity index (χ2v) is 7.31. The molecule has 2 rings (SSSR count). The summed E-state index contributed by atoms with van der Waals surface area (Å²) in [6.45, 7) is 4.91. The Bertz CT molecular complexity index is 839. The average Bonchev–Trinajstić information content (AvgIpc) is 2.46. The van der Waals surface area contributed by atoms with Gasteiger partial charge in [-0.05, 0) is 56.2 Å². The summed E-state index contributed by atoms with van der Waals surface area (Å²) in [5.74, 6) is -0.952. The van der Waals surface area contributed by atoms with Gasteiger partial charge < -0.3 is 5.32 Å². The first-order valence-corrected chi connectivity index (χ1v) is 8.80. The highest BCUT2D eigenvalue weighted by atomic mass is 32.2. The average molecular weight is 350 g/mol. The fraction of sp³-hybridized carbons (Fsp3) is 0.235. The van der Waals surface area contributed by atoms with Crippen molar-refractivity contribution in [2.24, 2.45) is 0 Å². The van der Waals surface area contributed by atoms with Gasteiger partial charge in [0.05, 0.1) is 11.4 Å². The fourth-order valence-corrected chi connectivity index (χ4v) is 3.99. The standard InChI is InChI=1S/C17H19FN2O3S/c1-11-8-12(2)17(13(3)9-11)24(22,23)19-10-16(21)20-15-6-4-14(18)5-7-15/h4-9,19H,10H2,1-3H3,(H,20,21). The minimum Gasteiger partial charge on any atom is -0.325 e. The van der Waals surface area contributed by atoms with Crippen LogP contribution in [-0.2, 0) is 14.8 Å². The third-order valence-corrected chi connectivity index (χ3v) is 5.13. The van der Waals surface area contributed by atoms with Crippen LogP contribution >= 0.6 is 0 Å². The number of hydrogen-bond donors (Lipinski definition) is 2. The van der Waals surface area contributed by atoms with Crippen LogP contribution in [0.4, 0.5) is 10.1 Å². The summed E-state index contributed by atoms with van der Waals surface area (Å²) >= 11 is 0. The molecule has 0 heterocycles. The molecule has 128 valence electrons. The van der Waals surface area contributed by atoms with E-state index < -0.39 is 28.3 Å². The van der Waals surface area contributed by atoms with E-state index in [0.29, 0.717) is 16.8 Å². The maximum Gasteiger partial charge on any atom is 0.241 e. The maximum absolute atomic E-state index is 12.8. The molecule has 2 N–H and O–H groups in total. The van der Waals surface area contributed by atoms with Gasteiger partial charge in [0.1, 0.15) is 5.82 Å². The normalized spacial score (nSPS) is 11.3. The van der Waals surface area contributed by atoms with Crippen molar-refractivity contribution in [1.82, 2.24) is 4.72 Å². The lowest BCUT2D eigenvalue weighted by Crippen LogP contribution is -2.33. The maximum atomic E-state index is 12.8. The van der Waals surface area contributed by atoms with Crippen LogP contribution in [0, 0.1) is 26.6 Å². The number of carbonyl (C=O) groups excluding carboxylic acids is 1. The third-order valence-electron chi connectivity index (χ3n) is 3.42. The lowest BCUT2D eigenvalue weighted by Gasteiger charge is -2.13. The Morgan fingerprint density at radius 3 is 2.12 bits per heavy atom. The van der Waals surface area contributed by atoms with Gasteiger partial charge in [-0.2, -0.15) is 0 Å². The number of hydrogen-bond acceptors (Lipinski definition) is 3. The van der Waals surface area contributed by atoms with E-state index in [9.17, 15) is 17.6 Å². The number of halogens is 1. The quantitative estimate of drug-likeness (QED) is 0.870. The fourth-order valence-electron chi connectivity index (χ4n) is 2.56. The number of rotatable bonds is 5. The van der Waals surface area contributed by atoms with Crippen molar-refractivity contribution in [3.63, 3.8) is 0 Å². The second kappa shape index (κ2) is 7.11. The molecule has 0 saturated carbocycles. The Kier molecular flexibility index (Phi) is 5.36.